The summed E-state index contributed by atoms with van der Waals surface area (Å²) in [4.78, 5) is 24.5. The highest BCUT2D eigenvalue weighted by Gasteiger charge is 2.12. The number of hydrogen-bond donors (Lipinski definition) is 1. The van der Waals surface area contributed by atoms with Crippen molar-refractivity contribution in [1.82, 2.24) is 10.2 Å². The normalized spacial score (nSPS) is 11.7. The van der Waals surface area contributed by atoms with Gasteiger partial charge in [0, 0.05) is 23.7 Å². The molecule has 130 valence electrons. The number of amides is 1. The molecule has 7 heteroatoms. The second-order valence-electron chi connectivity index (χ2n) is 5.35. The van der Waals surface area contributed by atoms with Crippen LogP contribution in [-0.2, 0) is 0 Å². The van der Waals surface area contributed by atoms with Gasteiger partial charge < -0.3 is 10.2 Å². The van der Waals surface area contributed by atoms with Gasteiger partial charge in [0.15, 0.2) is 0 Å². The number of carbonyl (C=O) groups excluding carboxylic acids is 1. The molecule has 1 amide bonds. The molecule has 0 radical (unpaired) electrons. The Morgan fingerprint density at radius 3 is 2.30 bits per heavy atom. The first-order chi connectivity index (χ1) is 10.5. The highest BCUT2D eigenvalue weighted by Crippen LogP contribution is 2.12. The average molecular weight is 344 g/mol. The summed E-state index contributed by atoms with van der Waals surface area (Å²) in [6.45, 7) is 9.38. The van der Waals surface area contributed by atoms with Crippen molar-refractivity contribution in [3.63, 3.8) is 0 Å². The largest absolute Gasteiger partial charge is 0.350 e. The standard InChI is InChI=1S/C16H25N3O3.ClH/c1-4-18(5-2)12-6-7-13(3)17-16(20)14-8-10-15(11-9-14)19(21)22;/h8-11,13H,4-7,12H2,1-3H3,(H,17,20);1H. The SMILES string of the molecule is CCN(CC)CCCC(C)NC(=O)c1ccc([N+](=O)[O-])cc1.Cl. The summed E-state index contributed by atoms with van der Waals surface area (Å²) in [5.74, 6) is -0.190. The van der Waals surface area contributed by atoms with E-state index in [-0.39, 0.29) is 30.0 Å². The van der Waals surface area contributed by atoms with E-state index in [4.69, 9.17) is 0 Å². The van der Waals surface area contributed by atoms with E-state index < -0.39 is 4.92 Å². The Labute approximate surface area is 143 Å². The Bertz CT molecular complexity index is 490. The van der Waals surface area contributed by atoms with Crippen molar-refractivity contribution in [3.8, 4) is 0 Å². The topological polar surface area (TPSA) is 75.5 Å². The number of non-ortho nitro benzene ring substituents is 1. The summed E-state index contributed by atoms with van der Waals surface area (Å²) in [5.41, 5.74) is 0.435. The van der Waals surface area contributed by atoms with Gasteiger partial charge >= 0.3 is 0 Å². The minimum Gasteiger partial charge on any atom is -0.350 e. The summed E-state index contributed by atoms with van der Waals surface area (Å²) in [7, 11) is 0. The van der Waals surface area contributed by atoms with Crippen molar-refractivity contribution in [2.75, 3.05) is 19.6 Å². The van der Waals surface area contributed by atoms with Crippen molar-refractivity contribution in [2.24, 2.45) is 0 Å². The molecule has 1 N–H and O–H groups in total. The highest BCUT2D eigenvalue weighted by molar-refractivity contribution is 5.94. The molecule has 0 fully saturated rings. The van der Waals surface area contributed by atoms with Crippen molar-refractivity contribution >= 4 is 24.0 Å². The van der Waals surface area contributed by atoms with E-state index in [9.17, 15) is 14.9 Å². The molecule has 0 aliphatic heterocycles. The van der Waals surface area contributed by atoms with Gasteiger partial charge in [-0.15, -0.1) is 12.4 Å². The molecule has 23 heavy (non-hydrogen) atoms. The summed E-state index contributed by atoms with van der Waals surface area (Å²) >= 11 is 0. The molecule has 0 saturated carbocycles. The van der Waals surface area contributed by atoms with E-state index in [0.29, 0.717) is 5.56 Å². The van der Waals surface area contributed by atoms with Gasteiger partial charge in [-0.1, -0.05) is 13.8 Å². The third-order valence-electron chi connectivity index (χ3n) is 3.72. The second kappa shape index (κ2) is 11.0. The molecule has 1 aromatic rings. The van der Waals surface area contributed by atoms with Crippen LogP contribution in [0.15, 0.2) is 24.3 Å². The Hall–Kier alpha value is -1.66. The fourth-order valence-electron chi connectivity index (χ4n) is 2.27. The molecule has 0 aliphatic rings. The van der Waals surface area contributed by atoms with E-state index >= 15 is 0 Å². The number of nitro benzene ring substituents is 1. The number of hydrogen-bond acceptors (Lipinski definition) is 4. The number of nitrogens with one attached hydrogen (secondary N) is 1. The van der Waals surface area contributed by atoms with Crippen LogP contribution < -0.4 is 5.32 Å². The summed E-state index contributed by atoms with van der Waals surface area (Å²) in [6, 6.07) is 5.74. The zero-order valence-electron chi connectivity index (χ0n) is 13.9. The van der Waals surface area contributed by atoms with E-state index in [0.717, 1.165) is 32.5 Å². The molecule has 0 spiro atoms. The minimum absolute atomic E-state index is 0. The van der Waals surface area contributed by atoms with Crippen LogP contribution in [0.3, 0.4) is 0 Å². The van der Waals surface area contributed by atoms with Gasteiger partial charge in [0.2, 0.25) is 0 Å². The third-order valence-corrected chi connectivity index (χ3v) is 3.72. The van der Waals surface area contributed by atoms with Gasteiger partial charge in [0.05, 0.1) is 4.92 Å². The Morgan fingerprint density at radius 2 is 1.83 bits per heavy atom. The van der Waals surface area contributed by atoms with Gasteiger partial charge in [0.25, 0.3) is 11.6 Å². The summed E-state index contributed by atoms with van der Waals surface area (Å²) in [5, 5.41) is 13.5. The van der Waals surface area contributed by atoms with Crippen molar-refractivity contribution < 1.29 is 9.72 Å². The highest BCUT2D eigenvalue weighted by atomic mass is 35.5. The van der Waals surface area contributed by atoms with Crippen LogP contribution in [0, 0.1) is 10.1 Å². The zero-order chi connectivity index (χ0) is 16.5. The molecular weight excluding hydrogens is 318 g/mol. The molecule has 1 unspecified atom stereocenters. The number of rotatable bonds is 9. The van der Waals surface area contributed by atoms with E-state index in [1.54, 1.807) is 0 Å². The lowest BCUT2D eigenvalue weighted by atomic mass is 10.1. The first-order valence-corrected chi connectivity index (χ1v) is 7.75. The molecule has 1 rings (SSSR count). The molecular formula is C16H26ClN3O3. The van der Waals surface area contributed by atoms with E-state index in [1.165, 1.54) is 24.3 Å². The maximum atomic E-state index is 12.1. The number of nitro groups is 1. The van der Waals surface area contributed by atoms with Crippen LogP contribution >= 0.6 is 12.4 Å². The molecule has 6 nitrogen and oxygen atoms in total. The quantitative estimate of drug-likeness (QED) is 0.551. The molecule has 0 aromatic heterocycles. The lowest BCUT2D eigenvalue weighted by Crippen LogP contribution is -2.33. The molecule has 0 heterocycles. The number of nitrogens with zero attached hydrogens (tertiary/aromatic N) is 2. The second-order valence-corrected chi connectivity index (χ2v) is 5.35. The summed E-state index contributed by atoms with van der Waals surface area (Å²) < 4.78 is 0. The van der Waals surface area contributed by atoms with Gasteiger partial charge in [-0.25, -0.2) is 0 Å². The Kier molecular flexibility index (Phi) is 10.2. The van der Waals surface area contributed by atoms with Gasteiger partial charge in [0.1, 0.15) is 0 Å². The molecule has 1 atom stereocenters. The Balaban J connectivity index is 0.00000484. The minimum atomic E-state index is -0.475. The maximum Gasteiger partial charge on any atom is 0.269 e. The number of carbonyl (C=O) groups is 1. The third kappa shape index (κ3) is 7.43. The maximum absolute atomic E-state index is 12.1. The van der Waals surface area contributed by atoms with Crippen molar-refractivity contribution in [1.29, 1.82) is 0 Å². The average Bonchev–Trinajstić information content (AvgIpc) is 2.51. The smallest absolute Gasteiger partial charge is 0.269 e. The van der Waals surface area contributed by atoms with Crippen LogP contribution in [0.25, 0.3) is 0 Å². The van der Waals surface area contributed by atoms with E-state index in [1.807, 2.05) is 6.92 Å². The first-order valence-electron chi connectivity index (χ1n) is 7.75. The predicted molar refractivity (Wildman–Crippen MR) is 94.3 cm³/mol. The van der Waals surface area contributed by atoms with Crippen LogP contribution in [0.1, 0.15) is 44.0 Å². The van der Waals surface area contributed by atoms with Crippen molar-refractivity contribution in [2.45, 2.75) is 39.7 Å². The molecule has 0 bridgehead atoms. The zero-order valence-corrected chi connectivity index (χ0v) is 14.8. The predicted octanol–water partition coefficient (Wildman–Crippen LogP) is 3.26. The fraction of sp³-hybridized carbons (Fsp3) is 0.562. The van der Waals surface area contributed by atoms with Crippen LogP contribution in [0.5, 0.6) is 0 Å². The monoisotopic (exact) mass is 343 g/mol. The molecule has 0 saturated heterocycles. The fourth-order valence-corrected chi connectivity index (χ4v) is 2.27. The Morgan fingerprint density at radius 1 is 1.26 bits per heavy atom. The number of benzene rings is 1. The summed E-state index contributed by atoms with van der Waals surface area (Å²) in [6.07, 6.45) is 1.94. The lowest BCUT2D eigenvalue weighted by Gasteiger charge is -2.19. The van der Waals surface area contributed by atoms with Gasteiger partial charge in [-0.2, -0.15) is 0 Å². The van der Waals surface area contributed by atoms with Crippen LogP contribution in [0.4, 0.5) is 5.69 Å². The molecule has 1 aromatic carbocycles. The van der Waals surface area contributed by atoms with E-state index in [2.05, 4.69) is 24.1 Å². The van der Waals surface area contributed by atoms with Crippen LogP contribution in [0.2, 0.25) is 0 Å². The first kappa shape index (κ1) is 21.3. The van der Waals surface area contributed by atoms with Gasteiger partial charge in [-0.05, 0) is 51.5 Å². The van der Waals surface area contributed by atoms with Crippen molar-refractivity contribution in [3.05, 3.63) is 39.9 Å². The van der Waals surface area contributed by atoms with Crippen LogP contribution in [-0.4, -0.2) is 41.4 Å². The van der Waals surface area contributed by atoms with Gasteiger partial charge in [-0.3, -0.25) is 14.9 Å². The lowest BCUT2D eigenvalue weighted by molar-refractivity contribution is -0.384. The molecule has 0 aliphatic carbocycles. The number of halogens is 1.